The number of likely N-dealkylation sites (N-methyl/N-ethyl adjacent to an activating group) is 1. The first-order valence-corrected chi connectivity index (χ1v) is 5.21. The lowest BCUT2D eigenvalue weighted by atomic mass is 10.3. The summed E-state index contributed by atoms with van der Waals surface area (Å²) in [5, 5.41) is 9.01. The van der Waals surface area contributed by atoms with E-state index < -0.39 is 11.9 Å². The van der Waals surface area contributed by atoms with Crippen LogP contribution in [-0.4, -0.2) is 42.1 Å². The van der Waals surface area contributed by atoms with Gasteiger partial charge in [0.25, 0.3) is 5.91 Å². The molecule has 0 saturated heterocycles. The van der Waals surface area contributed by atoms with Gasteiger partial charge in [-0.15, -0.1) is 0 Å². The molecule has 1 aromatic rings. The molecular formula is C11H12ClNO4. The number of hydrogen-bond acceptors (Lipinski definition) is 3. The van der Waals surface area contributed by atoms with Crippen molar-refractivity contribution < 1.29 is 19.4 Å². The lowest BCUT2D eigenvalue weighted by molar-refractivity contribution is -0.144. The zero-order valence-corrected chi connectivity index (χ0v) is 9.98. The third kappa shape index (κ3) is 4.74. The van der Waals surface area contributed by atoms with Gasteiger partial charge in [0.1, 0.15) is 12.3 Å². The number of amides is 1. The van der Waals surface area contributed by atoms with Crippen LogP contribution in [0.5, 0.6) is 5.75 Å². The second-order valence-corrected chi connectivity index (χ2v) is 3.83. The van der Waals surface area contributed by atoms with E-state index >= 15 is 0 Å². The molecule has 0 unspecified atom stereocenters. The van der Waals surface area contributed by atoms with Crippen LogP contribution in [0, 0.1) is 0 Å². The summed E-state index contributed by atoms with van der Waals surface area (Å²) in [7, 11) is 1.40. The summed E-state index contributed by atoms with van der Waals surface area (Å²) in [6.07, 6.45) is 0. The number of carbonyl (C=O) groups excluding carboxylic acids is 1. The average Bonchev–Trinajstić information content (AvgIpc) is 2.25. The Kier molecular flexibility index (Phi) is 4.78. The van der Waals surface area contributed by atoms with E-state index in [2.05, 4.69) is 0 Å². The van der Waals surface area contributed by atoms with Gasteiger partial charge in [0.2, 0.25) is 0 Å². The number of rotatable bonds is 5. The Morgan fingerprint density at radius 3 is 2.76 bits per heavy atom. The summed E-state index contributed by atoms with van der Waals surface area (Å²) in [4.78, 5) is 22.9. The molecule has 0 aromatic heterocycles. The van der Waals surface area contributed by atoms with Crippen molar-refractivity contribution in [2.75, 3.05) is 20.2 Å². The van der Waals surface area contributed by atoms with Crippen LogP contribution in [0.25, 0.3) is 0 Å². The normalized spacial score (nSPS) is 9.76. The van der Waals surface area contributed by atoms with Crippen molar-refractivity contribution in [3.05, 3.63) is 29.3 Å². The Labute approximate surface area is 104 Å². The maximum Gasteiger partial charge on any atom is 0.323 e. The molecule has 6 heteroatoms. The Balaban J connectivity index is 2.45. The number of aliphatic carboxylic acids is 1. The highest BCUT2D eigenvalue weighted by molar-refractivity contribution is 6.30. The molecule has 0 fully saturated rings. The van der Waals surface area contributed by atoms with Gasteiger partial charge >= 0.3 is 5.97 Å². The van der Waals surface area contributed by atoms with E-state index in [4.69, 9.17) is 21.4 Å². The van der Waals surface area contributed by atoms with E-state index in [1.165, 1.54) is 7.05 Å². The summed E-state index contributed by atoms with van der Waals surface area (Å²) < 4.78 is 5.18. The van der Waals surface area contributed by atoms with E-state index in [0.717, 1.165) is 4.90 Å². The smallest absolute Gasteiger partial charge is 0.323 e. The van der Waals surface area contributed by atoms with Crippen LogP contribution in [0.1, 0.15) is 0 Å². The van der Waals surface area contributed by atoms with Crippen molar-refractivity contribution in [1.29, 1.82) is 0 Å². The predicted octanol–water partition coefficient (Wildman–Crippen LogP) is 1.26. The maximum atomic E-state index is 11.4. The van der Waals surface area contributed by atoms with E-state index in [0.29, 0.717) is 10.8 Å². The standard InChI is InChI=1S/C11H12ClNO4/c1-13(6-11(15)16)10(14)7-17-9-4-2-3-8(12)5-9/h2-5H,6-7H2,1H3,(H,15,16). The molecule has 1 rings (SSSR count). The minimum Gasteiger partial charge on any atom is -0.484 e. The van der Waals surface area contributed by atoms with Gasteiger partial charge in [0.15, 0.2) is 6.61 Å². The van der Waals surface area contributed by atoms with Crippen molar-refractivity contribution in [3.63, 3.8) is 0 Å². The summed E-state index contributed by atoms with van der Waals surface area (Å²) in [5.74, 6) is -1.01. The second kappa shape index (κ2) is 6.10. The van der Waals surface area contributed by atoms with Crippen molar-refractivity contribution in [3.8, 4) is 5.75 Å². The first kappa shape index (κ1) is 13.3. The number of carboxylic acids is 1. The third-order valence-corrected chi connectivity index (χ3v) is 2.19. The predicted molar refractivity (Wildman–Crippen MR) is 62.2 cm³/mol. The molecule has 0 saturated carbocycles. The largest absolute Gasteiger partial charge is 0.484 e. The van der Waals surface area contributed by atoms with Gasteiger partial charge in [0.05, 0.1) is 0 Å². The van der Waals surface area contributed by atoms with Crippen LogP contribution in [0.3, 0.4) is 0 Å². The number of ether oxygens (including phenoxy) is 1. The van der Waals surface area contributed by atoms with E-state index in [-0.39, 0.29) is 13.2 Å². The van der Waals surface area contributed by atoms with Crippen LogP contribution in [-0.2, 0) is 9.59 Å². The summed E-state index contributed by atoms with van der Waals surface area (Å²) in [6, 6.07) is 6.62. The fourth-order valence-electron chi connectivity index (χ4n) is 1.10. The number of carbonyl (C=O) groups is 2. The molecule has 0 heterocycles. The molecule has 1 aromatic carbocycles. The van der Waals surface area contributed by atoms with Crippen molar-refractivity contribution >= 4 is 23.5 Å². The maximum absolute atomic E-state index is 11.4. The van der Waals surface area contributed by atoms with Crippen LogP contribution < -0.4 is 4.74 Å². The van der Waals surface area contributed by atoms with Gasteiger partial charge < -0.3 is 14.7 Å². The molecule has 17 heavy (non-hydrogen) atoms. The van der Waals surface area contributed by atoms with Crippen LogP contribution >= 0.6 is 11.6 Å². The van der Waals surface area contributed by atoms with Gasteiger partial charge in [0, 0.05) is 12.1 Å². The molecule has 5 nitrogen and oxygen atoms in total. The lowest BCUT2D eigenvalue weighted by Gasteiger charge is -2.14. The number of hydrogen-bond donors (Lipinski definition) is 1. The van der Waals surface area contributed by atoms with Crippen molar-refractivity contribution in [2.45, 2.75) is 0 Å². The molecule has 1 N–H and O–H groups in total. The fourth-order valence-corrected chi connectivity index (χ4v) is 1.28. The molecule has 92 valence electrons. The highest BCUT2D eigenvalue weighted by Crippen LogP contribution is 2.16. The van der Waals surface area contributed by atoms with Gasteiger partial charge in [-0.1, -0.05) is 17.7 Å². The Bertz CT molecular complexity index is 422. The molecule has 0 atom stereocenters. The van der Waals surface area contributed by atoms with Crippen molar-refractivity contribution in [1.82, 2.24) is 4.90 Å². The Hall–Kier alpha value is -1.75. The van der Waals surface area contributed by atoms with E-state index in [1.807, 2.05) is 0 Å². The summed E-state index contributed by atoms with van der Waals surface area (Å²) >= 11 is 5.74. The molecule has 0 aliphatic rings. The van der Waals surface area contributed by atoms with Gasteiger partial charge in [-0.3, -0.25) is 9.59 Å². The SMILES string of the molecule is CN(CC(=O)O)C(=O)COc1cccc(Cl)c1. The molecular weight excluding hydrogens is 246 g/mol. The second-order valence-electron chi connectivity index (χ2n) is 3.39. The number of halogens is 1. The minimum atomic E-state index is -1.07. The van der Waals surface area contributed by atoms with Crippen LogP contribution in [0.4, 0.5) is 0 Å². The van der Waals surface area contributed by atoms with Crippen LogP contribution in [0.2, 0.25) is 5.02 Å². The van der Waals surface area contributed by atoms with E-state index in [9.17, 15) is 9.59 Å². The third-order valence-electron chi connectivity index (χ3n) is 1.96. The van der Waals surface area contributed by atoms with E-state index in [1.54, 1.807) is 24.3 Å². The first-order valence-electron chi connectivity index (χ1n) is 4.83. The number of nitrogens with zero attached hydrogens (tertiary/aromatic N) is 1. The molecule has 0 aliphatic carbocycles. The number of benzene rings is 1. The average molecular weight is 258 g/mol. The highest BCUT2D eigenvalue weighted by Gasteiger charge is 2.12. The topological polar surface area (TPSA) is 66.8 Å². The molecule has 0 aliphatic heterocycles. The molecule has 0 spiro atoms. The summed E-state index contributed by atoms with van der Waals surface area (Å²) in [5.41, 5.74) is 0. The number of carboxylic acid groups (broad SMARTS) is 1. The quantitative estimate of drug-likeness (QED) is 0.862. The molecule has 0 radical (unpaired) electrons. The molecule has 0 bridgehead atoms. The van der Waals surface area contributed by atoms with Gasteiger partial charge in [-0.05, 0) is 18.2 Å². The lowest BCUT2D eigenvalue weighted by Crippen LogP contribution is -2.35. The van der Waals surface area contributed by atoms with Crippen molar-refractivity contribution in [2.24, 2.45) is 0 Å². The first-order chi connectivity index (χ1) is 7.99. The Morgan fingerprint density at radius 2 is 2.18 bits per heavy atom. The van der Waals surface area contributed by atoms with Gasteiger partial charge in [-0.25, -0.2) is 0 Å². The van der Waals surface area contributed by atoms with Gasteiger partial charge in [-0.2, -0.15) is 0 Å². The zero-order chi connectivity index (χ0) is 12.8. The van der Waals surface area contributed by atoms with Crippen LogP contribution in [0.15, 0.2) is 24.3 Å². The fraction of sp³-hybridized carbons (Fsp3) is 0.273. The Morgan fingerprint density at radius 1 is 1.47 bits per heavy atom. The molecule has 1 amide bonds. The monoisotopic (exact) mass is 257 g/mol. The minimum absolute atomic E-state index is 0.218. The summed E-state index contributed by atoms with van der Waals surface area (Å²) in [6.45, 7) is -0.568. The highest BCUT2D eigenvalue weighted by atomic mass is 35.5. The zero-order valence-electron chi connectivity index (χ0n) is 9.22.